The number of amides is 1. The fraction of sp³-hybridized carbons (Fsp3) is 0.286. The van der Waals surface area contributed by atoms with Crippen molar-refractivity contribution in [3.8, 4) is 17.0 Å². The minimum atomic E-state index is -0.00951. The van der Waals surface area contributed by atoms with Crippen molar-refractivity contribution in [3.63, 3.8) is 0 Å². The van der Waals surface area contributed by atoms with Gasteiger partial charge in [0.25, 0.3) is 0 Å². The second-order valence-corrected chi connectivity index (χ2v) is 7.17. The number of aromatic hydroxyl groups is 1. The highest BCUT2D eigenvalue weighted by Crippen LogP contribution is 2.28. The van der Waals surface area contributed by atoms with Crippen molar-refractivity contribution < 1.29 is 9.90 Å². The fourth-order valence-electron chi connectivity index (χ4n) is 3.76. The molecule has 1 amide bonds. The summed E-state index contributed by atoms with van der Waals surface area (Å²) < 4.78 is 0. The molecule has 1 aliphatic heterocycles. The van der Waals surface area contributed by atoms with Crippen molar-refractivity contribution in [2.75, 3.05) is 19.6 Å². The minimum absolute atomic E-state index is 0.00951. The van der Waals surface area contributed by atoms with Crippen molar-refractivity contribution in [1.29, 1.82) is 0 Å². The molecule has 0 saturated carbocycles. The first-order chi connectivity index (χ1) is 13.5. The molecule has 0 bridgehead atoms. The number of benzene rings is 1. The highest BCUT2D eigenvalue weighted by atomic mass is 16.3. The number of nitrogens with one attached hydrogen (secondary N) is 1. The first-order valence-corrected chi connectivity index (χ1v) is 9.34. The van der Waals surface area contributed by atoms with Crippen LogP contribution in [-0.2, 0) is 11.3 Å². The average Bonchev–Trinajstić information content (AvgIpc) is 3.09. The first kappa shape index (κ1) is 18.2. The number of phenolic OH excluding ortho intramolecular Hbond substituents is 1. The number of nitrogens with zero attached hydrogens (tertiary/aromatic N) is 4. The van der Waals surface area contributed by atoms with E-state index in [9.17, 15) is 9.90 Å². The molecule has 0 radical (unpaired) electrons. The largest absolute Gasteiger partial charge is 0.507 e. The third kappa shape index (κ3) is 3.48. The summed E-state index contributed by atoms with van der Waals surface area (Å²) in [6.07, 6.45) is 1.38. The van der Waals surface area contributed by atoms with E-state index in [0.717, 1.165) is 36.4 Å². The Morgan fingerprint density at radius 2 is 2.14 bits per heavy atom. The van der Waals surface area contributed by atoms with Gasteiger partial charge in [-0.05, 0) is 37.3 Å². The Bertz CT molecular complexity index is 1030. The highest BCUT2D eigenvalue weighted by Gasteiger charge is 2.26. The Balaban J connectivity index is 1.51. The van der Waals surface area contributed by atoms with Crippen molar-refractivity contribution in [3.05, 3.63) is 54.7 Å². The van der Waals surface area contributed by atoms with E-state index < -0.39 is 0 Å². The van der Waals surface area contributed by atoms with E-state index in [1.165, 1.54) is 6.08 Å². The lowest BCUT2D eigenvalue weighted by molar-refractivity contribution is -0.130. The van der Waals surface area contributed by atoms with Gasteiger partial charge < -0.3 is 15.0 Å². The molecule has 1 fully saturated rings. The zero-order chi connectivity index (χ0) is 19.7. The molecule has 3 aromatic rings. The maximum Gasteiger partial charge on any atom is 0.246 e. The van der Waals surface area contributed by atoms with E-state index >= 15 is 0 Å². The zero-order valence-corrected chi connectivity index (χ0v) is 15.8. The van der Waals surface area contributed by atoms with Crippen LogP contribution in [0.1, 0.15) is 12.6 Å². The molecule has 3 heterocycles. The molecule has 2 N–H and O–H groups in total. The summed E-state index contributed by atoms with van der Waals surface area (Å²) in [4.78, 5) is 19.4. The van der Waals surface area contributed by atoms with Crippen molar-refractivity contribution >= 4 is 16.9 Å². The van der Waals surface area contributed by atoms with Crippen LogP contribution in [0.4, 0.5) is 0 Å². The number of para-hydroxylation sites is 1. The van der Waals surface area contributed by atoms with Crippen LogP contribution >= 0.6 is 0 Å². The Hall–Kier alpha value is -3.19. The van der Waals surface area contributed by atoms with E-state index in [4.69, 9.17) is 0 Å². The third-order valence-electron chi connectivity index (χ3n) is 5.18. The Morgan fingerprint density at radius 3 is 2.89 bits per heavy atom. The number of hydrogen-bond donors (Lipinski definition) is 2. The number of fused-ring (bicyclic) bond motifs is 1. The van der Waals surface area contributed by atoms with Crippen LogP contribution in [0.2, 0.25) is 0 Å². The number of hydrogen-bond acceptors (Lipinski definition) is 5. The number of carbonyl (C=O) groups excluding carboxylic acids is 1. The average molecular weight is 377 g/mol. The normalized spacial score (nSPS) is 17.8. The van der Waals surface area contributed by atoms with Crippen molar-refractivity contribution in [2.24, 2.45) is 0 Å². The molecule has 1 aliphatic rings. The summed E-state index contributed by atoms with van der Waals surface area (Å²) in [7, 11) is 0. The number of H-pyrrole nitrogens is 1. The van der Waals surface area contributed by atoms with Crippen LogP contribution in [0, 0.1) is 0 Å². The SMILES string of the molecule is C=CC(=O)N1CCN(Cc2cc3cc(-c4ccccc4O)nnc3[nH]2)CC1C. The van der Waals surface area contributed by atoms with Gasteiger partial charge in [0.2, 0.25) is 5.91 Å². The predicted octanol–water partition coefficient (Wildman–Crippen LogP) is 2.55. The van der Waals surface area contributed by atoms with Gasteiger partial charge in [-0.3, -0.25) is 9.69 Å². The lowest BCUT2D eigenvalue weighted by atomic mass is 10.1. The molecule has 1 unspecified atom stereocenters. The summed E-state index contributed by atoms with van der Waals surface area (Å²) in [5.74, 6) is 0.178. The number of carbonyl (C=O) groups is 1. The second-order valence-electron chi connectivity index (χ2n) is 7.17. The van der Waals surface area contributed by atoms with Gasteiger partial charge in [0.05, 0.1) is 5.69 Å². The van der Waals surface area contributed by atoms with Crippen LogP contribution in [0.15, 0.2) is 49.1 Å². The number of aromatic amines is 1. The van der Waals surface area contributed by atoms with E-state index in [2.05, 4.69) is 39.7 Å². The van der Waals surface area contributed by atoms with Gasteiger partial charge in [-0.25, -0.2) is 0 Å². The molecule has 144 valence electrons. The minimum Gasteiger partial charge on any atom is -0.507 e. The molecule has 7 heteroatoms. The van der Waals surface area contributed by atoms with Gasteiger partial charge in [0.15, 0.2) is 5.65 Å². The number of phenols is 1. The zero-order valence-electron chi connectivity index (χ0n) is 15.8. The molecule has 1 aromatic carbocycles. The molecule has 1 atom stereocenters. The summed E-state index contributed by atoms with van der Waals surface area (Å²) in [5, 5.41) is 19.5. The van der Waals surface area contributed by atoms with Crippen molar-refractivity contribution in [1.82, 2.24) is 25.0 Å². The molecule has 7 nitrogen and oxygen atoms in total. The summed E-state index contributed by atoms with van der Waals surface area (Å²) in [6.45, 7) is 8.71. The Morgan fingerprint density at radius 1 is 1.32 bits per heavy atom. The Labute approximate surface area is 163 Å². The monoisotopic (exact) mass is 377 g/mol. The van der Waals surface area contributed by atoms with Gasteiger partial charge in [-0.2, -0.15) is 0 Å². The Kier molecular flexibility index (Phi) is 4.83. The van der Waals surface area contributed by atoms with Crippen LogP contribution in [-0.4, -0.2) is 61.7 Å². The quantitative estimate of drug-likeness (QED) is 0.683. The van der Waals surface area contributed by atoms with E-state index in [0.29, 0.717) is 17.8 Å². The molecule has 4 rings (SSSR count). The third-order valence-corrected chi connectivity index (χ3v) is 5.18. The number of piperazine rings is 1. The molecule has 0 spiro atoms. The molecule has 2 aromatic heterocycles. The molecular formula is C21H23N5O2. The highest BCUT2D eigenvalue weighted by molar-refractivity contribution is 5.87. The van der Waals surface area contributed by atoms with Crippen LogP contribution in [0.25, 0.3) is 22.3 Å². The fourth-order valence-corrected chi connectivity index (χ4v) is 3.76. The van der Waals surface area contributed by atoms with Gasteiger partial charge >= 0.3 is 0 Å². The van der Waals surface area contributed by atoms with Gasteiger partial charge in [-0.1, -0.05) is 18.7 Å². The molecule has 1 saturated heterocycles. The first-order valence-electron chi connectivity index (χ1n) is 9.34. The maximum atomic E-state index is 11.9. The van der Waals surface area contributed by atoms with Crippen molar-refractivity contribution in [2.45, 2.75) is 19.5 Å². The van der Waals surface area contributed by atoms with Crippen LogP contribution in [0.3, 0.4) is 0 Å². The van der Waals surface area contributed by atoms with E-state index in [1.54, 1.807) is 12.1 Å². The van der Waals surface area contributed by atoms with Gasteiger partial charge in [0.1, 0.15) is 5.75 Å². The molecular weight excluding hydrogens is 354 g/mol. The summed E-state index contributed by atoms with van der Waals surface area (Å²) >= 11 is 0. The van der Waals surface area contributed by atoms with Crippen LogP contribution in [0.5, 0.6) is 5.75 Å². The lowest BCUT2D eigenvalue weighted by Crippen LogP contribution is -2.53. The van der Waals surface area contributed by atoms with E-state index in [-0.39, 0.29) is 17.7 Å². The second kappa shape index (κ2) is 7.44. The van der Waals surface area contributed by atoms with Crippen LogP contribution < -0.4 is 0 Å². The smallest absolute Gasteiger partial charge is 0.246 e. The summed E-state index contributed by atoms with van der Waals surface area (Å²) in [6, 6.07) is 11.3. The predicted molar refractivity (Wildman–Crippen MR) is 108 cm³/mol. The topological polar surface area (TPSA) is 85.3 Å². The molecule has 28 heavy (non-hydrogen) atoms. The molecule has 0 aliphatic carbocycles. The standard InChI is InChI=1S/C21H23N5O2/c1-3-20(28)26-9-8-25(12-14(26)2)13-16-10-15-11-18(23-24-21(15)22-16)17-6-4-5-7-19(17)27/h3-7,10-11,14,27H,1,8-9,12-13H2,2H3,(H,22,24). The van der Waals surface area contributed by atoms with Gasteiger partial charge in [-0.15, -0.1) is 10.2 Å². The number of rotatable bonds is 4. The summed E-state index contributed by atoms with van der Waals surface area (Å²) in [5.41, 5.74) is 3.08. The van der Waals surface area contributed by atoms with E-state index in [1.807, 2.05) is 23.1 Å². The number of aromatic nitrogens is 3. The van der Waals surface area contributed by atoms with Gasteiger partial charge in [0, 0.05) is 48.9 Å². The lowest BCUT2D eigenvalue weighted by Gasteiger charge is -2.39. The maximum absolute atomic E-state index is 11.9.